The highest BCUT2D eigenvalue weighted by Gasteiger charge is 2.19. The minimum Gasteiger partial charge on any atom is -0.456 e. The van der Waals surface area contributed by atoms with Gasteiger partial charge in [-0.05, 0) is 79.2 Å². The molecule has 0 bridgehead atoms. The van der Waals surface area contributed by atoms with E-state index in [4.69, 9.17) is 19.4 Å². The van der Waals surface area contributed by atoms with Crippen molar-refractivity contribution in [2.24, 2.45) is 0 Å². The van der Waals surface area contributed by atoms with E-state index >= 15 is 0 Å². The number of furan rings is 1. The summed E-state index contributed by atoms with van der Waals surface area (Å²) in [5, 5.41) is 11.5. The lowest BCUT2D eigenvalue weighted by Crippen LogP contribution is -2.01. The van der Waals surface area contributed by atoms with Crippen LogP contribution in [0.2, 0.25) is 0 Å². The number of rotatable bonds is 4. The molecule has 0 fully saturated rings. The second-order valence-electron chi connectivity index (χ2n) is 13.6. The predicted molar refractivity (Wildman–Crippen MR) is 219 cm³/mol. The zero-order valence-corrected chi connectivity index (χ0v) is 28.5. The minimum atomic E-state index is 0.607. The van der Waals surface area contributed by atoms with Gasteiger partial charge < -0.3 is 4.42 Å². The molecule has 0 aliphatic heterocycles. The second kappa shape index (κ2) is 11.7. The fourth-order valence-electron chi connectivity index (χ4n) is 7.94. The SMILES string of the molecule is c1ccc(-c2ccc(-c3nc(-c4ccc5oc6ccc7ccc8ccccc8c7c6c5c4)nc(-c4cc5ccccc5c5ccccc45)n3)cc2)cc1. The number of hydrogen-bond donors (Lipinski definition) is 0. The van der Waals surface area contributed by atoms with Crippen LogP contribution in [0.5, 0.6) is 0 Å². The number of benzene rings is 9. The quantitative estimate of drug-likeness (QED) is 0.174. The molecule has 11 aromatic rings. The Bertz CT molecular complexity index is 3220. The average molecular weight is 676 g/mol. The molecule has 0 saturated carbocycles. The van der Waals surface area contributed by atoms with Crippen molar-refractivity contribution < 1.29 is 4.42 Å². The summed E-state index contributed by atoms with van der Waals surface area (Å²) in [4.78, 5) is 15.6. The zero-order valence-electron chi connectivity index (χ0n) is 28.5. The van der Waals surface area contributed by atoms with Gasteiger partial charge in [-0.25, -0.2) is 15.0 Å². The molecule has 0 N–H and O–H groups in total. The fourth-order valence-corrected chi connectivity index (χ4v) is 7.94. The lowest BCUT2D eigenvalue weighted by atomic mass is 9.96. The molecule has 0 aliphatic rings. The zero-order chi connectivity index (χ0) is 34.9. The summed E-state index contributed by atoms with van der Waals surface area (Å²) in [7, 11) is 0. The topological polar surface area (TPSA) is 51.8 Å². The second-order valence-corrected chi connectivity index (χ2v) is 13.6. The van der Waals surface area contributed by atoms with Gasteiger partial charge in [0, 0.05) is 32.8 Å². The third kappa shape index (κ3) is 4.80. The molecule has 2 heterocycles. The van der Waals surface area contributed by atoms with Crippen molar-refractivity contribution in [3.63, 3.8) is 0 Å². The van der Waals surface area contributed by atoms with Crippen molar-refractivity contribution in [3.05, 3.63) is 176 Å². The molecule has 2 aromatic heterocycles. The van der Waals surface area contributed by atoms with Gasteiger partial charge in [-0.2, -0.15) is 0 Å². The van der Waals surface area contributed by atoms with Crippen molar-refractivity contribution >= 4 is 65.0 Å². The molecule has 246 valence electrons. The Labute approximate surface area is 304 Å². The Hall–Kier alpha value is -7.17. The Morgan fingerprint density at radius 3 is 1.70 bits per heavy atom. The summed E-state index contributed by atoms with van der Waals surface area (Å²) in [5.41, 5.74) is 6.79. The van der Waals surface area contributed by atoms with Crippen molar-refractivity contribution in [2.75, 3.05) is 0 Å². The molecule has 0 spiro atoms. The lowest BCUT2D eigenvalue weighted by molar-refractivity contribution is 0.669. The molecule has 0 atom stereocenters. The van der Waals surface area contributed by atoms with Crippen LogP contribution in [0, 0.1) is 0 Å². The van der Waals surface area contributed by atoms with E-state index in [1.807, 2.05) is 12.1 Å². The van der Waals surface area contributed by atoms with Gasteiger partial charge in [0.05, 0.1) is 0 Å². The lowest BCUT2D eigenvalue weighted by Gasteiger charge is -2.13. The predicted octanol–water partition coefficient (Wildman–Crippen LogP) is 13.1. The van der Waals surface area contributed by atoms with E-state index in [1.54, 1.807) is 0 Å². The van der Waals surface area contributed by atoms with E-state index in [9.17, 15) is 0 Å². The van der Waals surface area contributed by atoms with E-state index in [1.165, 1.54) is 37.9 Å². The highest BCUT2D eigenvalue weighted by Crippen LogP contribution is 2.40. The maximum Gasteiger partial charge on any atom is 0.164 e. The van der Waals surface area contributed by atoms with Crippen molar-refractivity contribution in [3.8, 4) is 45.3 Å². The van der Waals surface area contributed by atoms with E-state index in [-0.39, 0.29) is 0 Å². The van der Waals surface area contributed by atoms with Crippen LogP contribution >= 0.6 is 0 Å². The van der Waals surface area contributed by atoms with Gasteiger partial charge in [0.15, 0.2) is 17.5 Å². The van der Waals surface area contributed by atoms with Gasteiger partial charge in [-0.15, -0.1) is 0 Å². The minimum absolute atomic E-state index is 0.607. The Morgan fingerprint density at radius 1 is 0.302 bits per heavy atom. The van der Waals surface area contributed by atoms with Gasteiger partial charge in [0.1, 0.15) is 11.2 Å². The van der Waals surface area contributed by atoms with Gasteiger partial charge >= 0.3 is 0 Å². The molecule has 4 heteroatoms. The summed E-state index contributed by atoms with van der Waals surface area (Å²) >= 11 is 0. The molecule has 0 saturated heterocycles. The molecule has 0 radical (unpaired) electrons. The third-order valence-electron chi connectivity index (χ3n) is 10.5. The number of fused-ring (bicyclic) bond motifs is 10. The maximum atomic E-state index is 6.47. The molecular weight excluding hydrogens is 647 g/mol. The Kier molecular flexibility index (Phi) is 6.52. The summed E-state index contributed by atoms with van der Waals surface area (Å²) in [6, 6.07) is 61.6. The first kappa shape index (κ1) is 29.5. The first-order chi connectivity index (χ1) is 26.2. The van der Waals surface area contributed by atoms with Gasteiger partial charge in [0.25, 0.3) is 0 Å². The van der Waals surface area contributed by atoms with Crippen LogP contribution in [0.1, 0.15) is 0 Å². The number of hydrogen-bond acceptors (Lipinski definition) is 4. The molecule has 11 rings (SSSR count). The van der Waals surface area contributed by atoms with E-state index < -0.39 is 0 Å². The van der Waals surface area contributed by atoms with Gasteiger partial charge in [-0.1, -0.05) is 146 Å². The van der Waals surface area contributed by atoms with E-state index in [0.29, 0.717) is 17.5 Å². The average Bonchev–Trinajstić information content (AvgIpc) is 3.62. The molecular formula is C49H29N3O. The van der Waals surface area contributed by atoms with Crippen LogP contribution in [-0.4, -0.2) is 15.0 Å². The highest BCUT2D eigenvalue weighted by molar-refractivity contribution is 6.27. The largest absolute Gasteiger partial charge is 0.456 e. The van der Waals surface area contributed by atoms with Crippen LogP contribution in [0.3, 0.4) is 0 Å². The number of nitrogens with zero attached hydrogens (tertiary/aromatic N) is 3. The monoisotopic (exact) mass is 675 g/mol. The van der Waals surface area contributed by atoms with Crippen molar-refractivity contribution in [2.45, 2.75) is 0 Å². The maximum absolute atomic E-state index is 6.47. The summed E-state index contributed by atoms with van der Waals surface area (Å²) < 4.78 is 6.47. The van der Waals surface area contributed by atoms with Crippen LogP contribution in [0.4, 0.5) is 0 Å². The van der Waals surface area contributed by atoms with Crippen LogP contribution in [0.25, 0.3) is 110 Å². The molecule has 4 nitrogen and oxygen atoms in total. The molecule has 0 aliphatic carbocycles. The molecule has 0 unspecified atom stereocenters. The van der Waals surface area contributed by atoms with E-state index in [0.717, 1.165) is 55.0 Å². The van der Waals surface area contributed by atoms with Crippen molar-refractivity contribution in [1.82, 2.24) is 15.0 Å². The van der Waals surface area contributed by atoms with Crippen molar-refractivity contribution in [1.29, 1.82) is 0 Å². The van der Waals surface area contributed by atoms with E-state index in [2.05, 4.69) is 164 Å². The Morgan fingerprint density at radius 2 is 0.868 bits per heavy atom. The van der Waals surface area contributed by atoms with Crippen LogP contribution in [-0.2, 0) is 0 Å². The summed E-state index contributed by atoms with van der Waals surface area (Å²) in [6.07, 6.45) is 0. The first-order valence-electron chi connectivity index (χ1n) is 17.9. The third-order valence-corrected chi connectivity index (χ3v) is 10.5. The normalized spacial score (nSPS) is 11.8. The molecule has 0 amide bonds. The first-order valence-corrected chi connectivity index (χ1v) is 17.9. The Balaban J connectivity index is 1.16. The van der Waals surface area contributed by atoms with Gasteiger partial charge in [-0.3, -0.25) is 0 Å². The molecule has 53 heavy (non-hydrogen) atoms. The standard InChI is InChI=1S/C49H29N3O/c1-2-10-30(11-3-1)31-18-22-34(23-19-31)47-50-48(52-49(51-47)41-28-35-13-5-6-14-37(35)39-16-8-9-17-40(39)41)36-25-26-43-42(29-36)46-44(53-43)27-24-33-21-20-32-12-4-7-15-38(32)45(33)46/h1-29H. The van der Waals surface area contributed by atoms with Crippen LogP contribution < -0.4 is 0 Å². The molecule has 9 aromatic carbocycles. The fraction of sp³-hybridized carbons (Fsp3) is 0. The van der Waals surface area contributed by atoms with Crippen LogP contribution in [0.15, 0.2) is 180 Å². The van der Waals surface area contributed by atoms with Gasteiger partial charge in [0.2, 0.25) is 0 Å². The summed E-state index contributed by atoms with van der Waals surface area (Å²) in [5.74, 6) is 1.86. The smallest absolute Gasteiger partial charge is 0.164 e. The summed E-state index contributed by atoms with van der Waals surface area (Å²) in [6.45, 7) is 0. The highest BCUT2D eigenvalue weighted by atomic mass is 16.3. The number of aromatic nitrogens is 3.